The summed E-state index contributed by atoms with van der Waals surface area (Å²) >= 11 is 7.90. The maximum atomic E-state index is 12.6. The summed E-state index contributed by atoms with van der Waals surface area (Å²) in [4.78, 5) is 27.8. The molecule has 1 aliphatic rings. The van der Waals surface area contributed by atoms with Crippen LogP contribution in [0.5, 0.6) is 11.5 Å². The molecule has 2 aromatic carbocycles. The highest BCUT2D eigenvalue weighted by Crippen LogP contribution is 2.40. The summed E-state index contributed by atoms with van der Waals surface area (Å²) in [5, 5.41) is 3.31. The molecule has 0 bridgehead atoms. The Balaban J connectivity index is 1.58. The zero-order chi connectivity index (χ0) is 20.8. The fourth-order valence-corrected chi connectivity index (χ4v) is 4.20. The van der Waals surface area contributed by atoms with Crippen LogP contribution in [0, 0.1) is 5.92 Å². The molecule has 1 atom stereocenters. The van der Waals surface area contributed by atoms with E-state index in [4.69, 9.17) is 21.1 Å². The molecule has 8 heteroatoms. The number of methoxy groups -OCH3 is 2. The highest BCUT2D eigenvalue weighted by molar-refractivity contribution is 7.99. The molecule has 0 saturated carbocycles. The van der Waals surface area contributed by atoms with Gasteiger partial charge in [-0.15, -0.1) is 11.8 Å². The van der Waals surface area contributed by atoms with Crippen molar-refractivity contribution in [3.05, 3.63) is 47.5 Å². The van der Waals surface area contributed by atoms with Gasteiger partial charge in [-0.05, 0) is 18.2 Å². The Morgan fingerprint density at radius 3 is 2.62 bits per heavy atom. The fraction of sp³-hybridized carbons (Fsp3) is 0.333. The zero-order valence-corrected chi connectivity index (χ0v) is 17.9. The monoisotopic (exact) mass is 434 g/mol. The Labute approximate surface area is 179 Å². The first-order chi connectivity index (χ1) is 14.0. The summed E-state index contributed by atoms with van der Waals surface area (Å²) in [6, 6.07) is 13.3. The van der Waals surface area contributed by atoms with E-state index in [1.165, 1.54) is 14.2 Å². The molecule has 2 amide bonds. The fourth-order valence-electron chi connectivity index (χ4n) is 3.18. The molecule has 2 aromatic rings. The van der Waals surface area contributed by atoms with Crippen LogP contribution in [0.2, 0.25) is 5.02 Å². The van der Waals surface area contributed by atoms with Crippen molar-refractivity contribution in [3.63, 3.8) is 0 Å². The molecule has 29 heavy (non-hydrogen) atoms. The molecule has 1 fully saturated rings. The number of hydrogen-bond acceptors (Lipinski definition) is 5. The predicted molar refractivity (Wildman–Crippen MR) is 115 cm³/mol. The number of carbonyl (C=O) groups excluding carboxylic acids is 2. The second-order valence-corrected chi connectivity index (χ2v) is 8.09. The number of hydrogen-bond donors (Lipinski definition) is 1. The molecule has 154 valence electrons. The minimum Gasteiger partial charge on any atom is -0.495 e. The van der Waals surface area contributed by atoms with Crippen LogP contribution in [-0.2, 0) is 9.59 Å². The zero-order valence-electron chi connectivity index (χ0n) is 16.3. The molecule has 0 radical (unpaired) electrons. The number of nitrogens with zero attached hydrogens (tertiary/aromatic N) is 1. The van der Waals surface area contributed by atoms with Crippen molar-refractivity contribution in [3.8, 4) is 11.5 Å². The summed E-state index contributed by atoms with van der Waals surface area (Å²) in [6.07, 6.45) is 0.157. The number of anilines is 1. The Hall–Kier alpha value is -2.38. The third-order valence-corrected chi connectivity index (χ3v) is 5.96. The summed E-state index contributed by atoms with van der Waals surface area (Å²) in [5.74, 6) is 1.04. The lowest BCUT2D eigenvalue weighted by Gasteiger charge is -2.21. The quantitative estimate of drug-likeness (QED) is 0.507. The molecule has 0 aliphatic carbocycles. The standard InChI is InChI=1S/C21H23ClN2O4S/c1-27-18-12-19(28-2)17(11-16(18)22)24-13-14(10-20(24)25)21(26)23-8-9-29-15-6-4-3-5-7-15/h3-7,11-12,14H,8-10,13H2,1-2H3,(H,23,26)/t14-/m1/s1. The maximum absolute atomic E-state index is 12.6. The van der Waals surface area contributed by atoms with Gasteiger partial charge in [0.25, 0.3) is 0 Å². The number of carbonyl (C=O) groups is 2. The lowest BCUT2D eigenvalue weighted by atomic mass is 10.1. The molecule has 1 saturated heterocycles. The third kappa shape index (κ3) is 5.16. The van der Waals surface area contributed by atoms with Crippen molar-refractivity contribution in [2.75, 3.05) is 38.0 Å². The number of halogens is 1. The lowest BCUT2D eigenvalue weighted by molar-refractivity contribution is -0.126. The van der Waals surface area contributed by atoms with E-state index in [1.807, 2.05) is 30.3 Å². The average Bonchev–Trinajstić information content (AvgIpc) is 3.13. The van der Waals surface area contributed by atoms with Gasteiger partial charge >= 0.3 is 0 Å². The normalized spacial score (nSPS) is 16.0. The van der Waals surface area contributed by atoms with E-state index in [1.54, 1.807) is 28.8 Å². The predicted octanol–water partition coefficient (Wildman–Crippen LogP) is 3.62. The van der Waals surface area contributed by atoms with Crippen molar-refractivity contribution in [1.82, 2.24) is 5.32 Å². The van der Waals surface area contributed by atoms with Crippen molar-refractivity contribution in [2.45, 2.75) is 11.3 Å². The molecular formula is C21H23ClN2O4S. The van der Waals surface area contributed by atoms with Crippen LogP contribution in [0.4, 0.5) is 5.69 Å². The van der Waals surface area contributed by atoms with Gasteiger partial charge in [0.05, 0.1) is 30.8 Å². The van der Waals surface area contributed by atoms with Crippen LogP contribution in [0.15, 0.2) is 47.4 Å². The van der Waals surface area contributed by atoms with E-state index < -0.39 is 5.92 Å². The molecule has 1 N–H and O–H groups in total. The van der Waals surface area contributed by atoms with E-state index in [0.717, 1.165) is 10.6 Å². The molecule has 1 aliphatic heterocycles. The summed E-state index contributed by atoms with van der Waals surface area (Å²) < 4.78 is 10.6. The number of nitrogens with one attached hydrogen (secondary N) is 1. The highest BCUT2D eigenvalue weighted by atomic mass is 35.5. The van der Waals surface area contributed by atoms with Gasteiger partial charge in [0, 0.05) is 36.2 Å². The van der Waals surface area contributed by atoms with Crippen molar-refractivity contribution >= 4 is 40.9 Å². The molecule has 0 aromatic heterocycles. The van der Waals surface area contributed by atoms with Gasteiger partial charge in [-0.25, -0.2) is 0 Å². The maximum Gasteiger partial charge on any atom is 0.227 e. The van der Waals surface area contributed by atoms with E-state index in [2.05, 4.69) is 5.32 Å². The van der Waals surface area contributed by atoms with Gasteiger partial charge in [-0.2, -0.15) is 0 Å². The van der Waals surface area contributed by atoms with Crippen molar-refractivity contribution in [2.24, 2.45) is 5.92 Å². The first-order valence-corrected chi connectivity index (χ1v) is 10.6. The Morgan fingerprint density at radius 2 is 1.93 bits per heavy atom. The van der Waals surface area contributed by atoms with Gasteiger partial charge in [0.2, 0.25) is 11.8 Å². The summed E-state index contributed by atoms with van der Waals surface area (Å²) in [7, 11) is 3.03. The van der Waals surface area contributed by atoms with Crippen LogP contribution < -0.4 is 19.7 Å². The minimum atomic E-state index is -0.408. The van der Waals surface area contributed by atoms with Crippen LogP contribution in [0.3, 0.4) is 0 Å². The van der Waals surface area contributed by atoms with Crippen molar-refractivity contribution in [1.29, 1.82) is 0 Å². The molecule has 3 rings (SSSR count). The number of ether oxygens (including phenoxy) is 2. The number of thioether (sulfide) groups is 1. The first kappa shape index (κ1) is 21.3. The van der Waals surface area contributed by atoms with E-state index in [9.17, 15) is 9.59 Å². The topological polar surface area (TPSA) is 67.9 Å². The van der Waals surface area contributed by atoms with Gasteiger partial charge in [-0.3, -0.25) is 9.59 Å². The van der Waals surface area contributed by atoms with Crippen LogP contribution in [-0.4, -0.2) is 44.9 Å². The van der Waals surface area contributed by atoms with Crippen molar-refractivity contribution < 1.29 is 19.1 Å². The molecule has 0 unspecified atom stereocenters. The second-order valence-electron chi connectivity index (χ2n) is 6.52. The smallest absolute Gasteiger partial charge is 0.227 e. The van der Waals surface area contributed by atoms with E-state index in [-0.39, 0.29) is 24.8 Å². The molecule has 0 spiro atoms. The van der Waals surface area contributed by atoms with Crippen LogP contribution >= 0.6 is 23.4 Å². The molecule has 1 heterocycles. The van der Waals surface area contributed by atoms with Crippen LogP contribution in [0.25, 0.3) is 0 Å². The molecular weight excluding hydrogens is 412 g/mol. The van der Waals surface area contributed by atoms with Gasteiger partial charge in [0.15, 0.2) is 0 Å². The van der Waals surface area contributed by atoms with E-state index >= 15 is 0 Å². The minimum absolute atomic E-state index is 0.118. The Bertz CT molecular complexity index is 878. The van der Waals surface area contributed by atoms with Gasteiger partial charge in [0.1, 0.15) is 11.5 Å². The Kier molecular flexibility index (Phi) is 7.28. The van der Waals surface area contributed by atoms with Gasteiger partial charge < -0.3 is 19.7 Å². The van der Waals surface area contributed by atoms with E-state index in [0.29, 0.717) is 28.8 Å². The third-order valence-electron chi connectivity index (χ3n) is 4.65. The number of rotatable bonds is 8. The summed E-state index contributed by atoms with van der Waals surface area (Å²) in [6.45, 7) is 0.830. The average molecular weight is 435 g/mol. The second kappa shape index (κ2) is 9.89. The molecule has 6 nitrogen and oxygen atoms in total. The Morgan fingerprint density at radius 1 is 1.21 bits per heavy atom. The SMILES string of the molecule is COc1cc(OC)c(N2C[C@H](C(=O)NCCSc3ccccc3)CC2=O)cc1Cl. The highest BCUT2D eigenvalue weighted by Gasteiger charge is 2.36. The first-order valence-electron chi connectivity index (χ1n) is 9.21. The number of benzene rings is 2. The summed E-state index contributed by atoms with van der Waals surface area (Å²) in [5.41, 5.74) is 0.540. The lowest BCUT2D eigenvalue weighted by Crippen LogP contribution is -2.34. The largest absolute Gasteiger partial charge is 0.495 e. The van der Waals surface area contributed by atoms with Gasteiger partial charge in [-0.1, -0.05) is 29.8 Å². The number of amides is 2. The van der Waals surface area contributed by atoms with Crippen LogP contribution in [0.1, 0.15) is 6.42 Å².